The molecule has 0 bridgehead atoms. The number of likely N-dealkylation sites (N-methyl/N-ethyl adjacent to an activating group) is 1. The van der Waals surface area contributed by atoms with E-state index >= 15 is 0 Å². The summed E-state index contributed by atoms with van der Waals surface area (Å²) < 4.78 is 0. The van der Waals surface area contributed by atoms with E-state index in [4.69, 9.17) is 0 Å². The Morgan fingerprint density at radius 2 is 2.06 bits per heavy atom. The Morgan fingerprint density at radius 3 is 2.78 bits per heavy atom. The Bertz CT molecular complexity index is 516. The fourth-order valence-electron chi connectivity index (χ4n) is 3.35. The lowest BCUT2D eigenvalue weighted by Crippen LogP contribution is -2.31. The van der Waals surface area contributed by atoms with Gasteiger partial charge in [0.1, 0.15) is 0 Å². The molecule has 0 fully saturated rings. The zero-order chi connectivity index (χ0) is 13.1. The zero-order valence-corrected chi connectivity index (χ0v) is 11.2. The van der Waals surface area contributed by atoms with Crippen LogP contribution in [0.2, 0.25) is 0 Å². The quantitative estimate of drug-likeness (QED) is 0.734. The van der Waals surface area contributed by atoms with E-state index in [1.54, 1.807) is 0 Å². The maximum Gasteiger partial charge on any atom is 0.165 e. The topological polar surface area (TPSA) is 56.3 Å². The molecule has 0 saturated heterocycles. The second kappa shape index (κ2) is 3.68. The summed E-state index contributed by atoms with van der Waals surface area (Å²) in [6, 6.07) is 0. The summed E-state index contributed by atoms with van der Waals surface area (Å²) in [6.45, 7) is 5.63. The lowest BCUT2D eigenvalue weighted by molar-refractivity contribution is 0.0880. The number of rotatable bonds is 0. The number of hydrogen-bond donors (Lipinski definition) is 2. The molecule has 1 aliphatic heterocycles. The number of nitrogens with one attached hydrogen (secondary N) is 1. The molecule has 1 aliphatic carbocycles. The predicted molar refractivity (Wildman–Crippen MR) is 68.5 cm³/mol. The largest absolute Gasteiger partial charge is 0.387 e. The van der Waals surface area contributed by atoms with Crippen LogP contribution in [0.3, 0.4) is 0 Å². The molecular weight excluding hydrogens is 228 g/mol. The molecule has 3 rings (SSSR count). The first-order valence-corrected chi connectivity index (χ1v) is 6.51. The van der Waals surface area contributed by atoms with E-state index in [-0.39, 0.29) is 11.2 Å². The summed E-state index contributed by atoms with van der Waals surface area (Å²) in [4.78, 5) is 17.8. The molecule has 0 radical (unpaired) electrons. The molecule has 0 spiro atoms. The highest BCUT2D eigenvalue weighted by atomic mass is 16.3. The number of β-amino-alcohol motifs (C(OH)–C–C–N with tert-alkyl or cyclic N) is 1. The van der Waals surface area contributed by atoms with Crippen LogP contribution in [-0.4, -0.2) is 34.4 Å². The molecule has 2 N–H and O–H groups in total. The molecule has 4 heteroatoms. The number of hydrogen-bond acceptors (Lipinski definition) is 3. The normalized spacial score (nSPS) is 26.9. The van der Waals surface area contributed by atoms with Crippen LogP contribution in [-0.2, 0) is 13.0 Å². The smallest absolute Gasteiger partial charge is 0.165 e. The molecule has 0 amide bonds. The number of aliphatic hydroxyl groups is 1. The molecule has 98 valence electrons. The minimum absolute atomic E-state index is 0.0222. The lowest BCUT2D eigenvalue weighted by atomic mass is 9.75. The van der Waals surface area contributed by atoms with E-state index in [1.165, 1.54) is 0 Å². The molecular formula is C14H20N2O2. The molecule has 1 atom stereocenters. The average molecular weight is 248 g/mol. The van der Waals surface area contributed by atoms with Crippen molar-refractivity contribution in [3.05, 3.63) is 22.5 Å². The van der Waals surface area contributed by atoms with Crippen molar-refractivity contribution in [3.63, 3.8) is 0 Å². The fourth-order valence-corrected chi connectivity index (χ4v) is 3.35. The van der Waals surface area contributed by atoms with E-state index in [1.807, 2.05) is 7.05 Å². The minimum atomic E-state index is -0.538. The summed E-state index contributed by atoms with van der Waals surface area (Å²) >= 11 is 0. The first-order valence-electron chi connectivity index (χ1n) is 6.51. The van der Waals surface area contributed by atoms with Gasteiger partial charge in [-0.15, -0.1) is 0 Å². The number of carbonyl (C=O) groups is 1. The van der Waals surface area contributed by atoms with E-state index in [2.05, 4.69) is 23.7 Å². The van der Waals surface area contributed by atoms with E-state index in [0.717, 1.165) is 35.5 Å². The summed E-state index contributed by atoms with van der Waals surface area (Å²) in [6.07, 6.45) is 0.925. The first kappa shape index (κ1) is 11.9. The third kappa shape index (κ3) is 1.71. The van der Waals surface area contributed by atoms with E-state index < -0.39 is 6.10 Å². The number of nitrogens with zero attached hydrogens (tertiary/aromatic N) is 1. The number of H-pyrrole nitrogens is 1. The van der Waals surface area contributed by atoms with Crippen LogP contribution in [0, 0.1) is 5.41 Å². The van der Waals surface area contributed by atoms with Crippen molar-refractivity contribution in [1.29, 1.82) is 0 Å². The maximum atomic E-state index is 12.3. The van der Waals surface area contributed by atoms with Crippen molar-refractivity contribution < 1.29 is 9.90 Å². The molecule has 0 saturated carbocycles. The third-order valence-electron chi connectivity index (χ3n) is 4.02. The SMILES string of the molecule is CN1Cc2[nH]c3c(c2C(O)C1)C(=O)CC(C)(C)C3. The van der Waals surface area contributed by atoms with Crippen molar-refractivity contribution >= 4 is 5.78 Å². The van der Waals surface area contributed by atoms with Gasteiger partial charge in [0.25, 0.3) is 0 Å². The second-order valence-electron chi connectivity index (χ2n) is 6.52. The summed E-state index contributed by atoms with van der Waals surface area (Å²) in [7, 11) is 1.98. The van der Waals surface area contributed by atoms with E-state index in [9.17, 15) is 9.90 Å². The van der Waals surface area contributed by atoms with Crippen LogP contribution in [0.25, 0.3) is 0 Å². The van der Waals surface area contributed by atoms with Gasteiger partial charge >= 0.3 is 0 Å². The second-order valence-corrected chi connectivity index (χ2v) is 6.52. The molecule has 1 aromatic heterocycles. The highest BCUT2D eigenvalue weighted by Gasteiger charge is 2.38. The number of aliphatic hydroxyl groups excluding tert-OH is 1. The summed E-state index contributed by atoms with van der Waals surface area (Å²) in [5.41, 5.74) is 3.71. The monoisotopic (exact) mass is 248 g/mol. The van der Waals surface area contributed by atoms with Crippen LogP contribution in [0.5, 0.6) is 0 Å². The number of ketones is 1. The van der Waals surface area contributed by atoms with Gasteiger partial charge in [0, 0.05) is 42.0 Å². The lowest BCUT2D eigenvalue weighted by Gasteiger charge is -2.30. The Morgan fingerprint density at radius 1 is 1.33 bits per heavy atom. The Balaban J connectivity index is 2.13. The van der Waals surface area contributed by atoms with Gasteiger partial charge in [0.05, 0.1) is 6.10 Å². The van der Waals surface area contributed by atoms with Crippen LogP contribution >= 0.6 is 0 Å². The standard InChI is InChI=1S/C14H20N2O2/c1-14(2)4-8-12(10(17)5-14)13-9(15-8)6-16(3)7-11(13)18/h11,15,18H,4-7H2,1-3H3. The Labute approximate surface area is 107 Å². The number of fused-ring (bicyclic) bond motifs is 3. The molecule has 2 aliphatic rings. The summed E-state index contributed by atoms with van der Waals surface area (Å²) in [5, 5.41) is 10.2. The highest BCUT2D eigenvalue weighted by molar-refractivity contribution is 6.00. The van der Waals surface area contributed by atoms with Crippen LogP contribution in [0.1, 0.15) is 53.7 Å². The van der Waals surface area contributed by atoms with Gasteiger partial charge in [-0.3, -0.25) is 9.69 Å². The third-order valence-corrected chi connectivity index (χ3v) is 4.02. The molecule has 1 aromatic rings. The van der Waals surface area contributed by atoms with Gasteiger partial charge < -0.3 is 10.1 Å². The number of aromatic nitrogens is 1. The van der Waals surface area contributed by atoms with Gasteiger partial charge in [-0.25, -0.2) is 0 Å². The van der Waals surface area contributed by atoms with Crippen molar-refractivity contribution in [1.82, 2.24) is 9.88 Å². The fraction of sp³-hybridized carbons (Fsp3) is 0.643. The first-order chi connectivity index (χ1) is 8.37. The Hall–Kier alpha value is -1.13. The number of aromatic amines is 1. The van der Waals surface area contributed by atoms with Crippen molar-refractivity contribution in [3.8, 4) is 0 Å². The number of carbonyl (C=O) groups excluding carboxylic acids is 1. The summed E-state index contributed by atoms with van der Waals surface area (Å²) in [5.74, 6) is 0.183. The number of Topliss-reactive ketones (excluding diaryl/α,β-unsaturated/α-hetero) is 1. The van der Waals surface area contributed by atoms with Crippen molar-refractivity contribution in [2.45, 2.75) is 39.3 Å². The van der Waals surface area contributed by atoms with Crippen molar-refractivity contribution in [2.75, 3.05) is 13.6 Å². The maximum absolute atomic E-state index is 12.3. The van der Waals surface area contributed by atoms with Gasteiger partial charge in [0.15, 0.2) is 5.78 Å². The van der Waals surface area contributed by atoms with Gasteiger partial charge in [-0.2, -0.15) is 0 Å². The highest BCUT2D eigenvalue weighted by Crippen LogP contribution is 2.40. The van der Waals surface area contributed by atoms with Crippen LogP contribution < -0.4 is 0 Å². The zero-order valence-electron chi connectivity index (χ0n) is 11.2. The molecule has 1 unspecified atom stereocenters. The molecule has 0 aromatic carbocycles. The van der Waals surface area contributed by atoms with Crippen LogP contribution in [0.4, 0.5) is 0 Å². The van der Waals surface area contributed by atoms with Crippen molar-refractivity contribution in [2.24, 2.45) is 5.41 Å². The minimum Gasteiger partial charge on any atom is -0.387 e. The van der Waals surface area contributed by atoms with Crippen LogP contribution in [0.15, 0.2) is 0 Å². The Kier molecular flexibility index (Phi) is 2.44. The molecule has 2 heterocycles. The van der Waals surface area contributed by atoms with Gasteiger partial charge in [-0.05, 0) is 18.9 Å². The van der Waals surface area contributed by atoms with Gasteiger partial charge in [0.2, 0.25) is 0 Å². The molecule has 4 nitrogen and oxygen atoms in total. The van der Waals surface area contributed by atoms with Gasteiger partial charge in [-0.1, -0.05) is 13.8 Å². The predicted octanol–water partition coefficient (Wildman–Crippen LogP) is 1.65. The molecule has 18 heavy (non-hydrogen) atoms. The van der Waals surface area contributed by atoms with E-state index in [0.29, 0.717) is 13.0 Å². The average Bonchev–Trinajstić information content (AvgIpc) is 2.53.